The molecule has 0 aromatic carbocycles. The number of pyridine rings is 1. The molecular weight excluding hydrogens is 170 g/mol. The molecule has 66 valence electrons. The van der Waals surface area contributed by atoms with Gasteiger partial charge in [-0.15, -0.1) is 0 Å². The van der Waals surface area contributed by atoms with E-state index < -0.39 is 5.91 Å². The Morgan fingerprint density at radius 3 is 3.00 bits per heavy atom. The van der Waals surface area contributed by atoms with E-state index in [2.05, 4.69) is 10.1 Å². The van der Waals surface area contributed by atoms with Crippen molar-refractivity contribution in [2.45, 2.75) is 0 Å². The van der Waals surface area contributed by atoms with Crippen molar-refractivity contribution >= 4 is 17.2 Å². The monoisotopic (exact) mass is 177 g/mol. The number of amides is 1. The summed E-state index contributed by atoms with van der Waals surface area (Å²) in [6.07, 6.45) is 2.95. The van der Waals surface area contributed by atoms with Crippen LogP contribution in [0.4, 0.5) is 5.69 Å². The molecule has 2 rings (SSSR count). The highest BCUT2D eigenvalue weighted by atomic mass is 16.1. The van der Waals surface area contributed by atoms with Gasteiger partial charge >= 0.3 is 0 Å². The molecule has 0 aliphatic heterocycles. The van der Waals surface area contributed by atoms with Gasteiger partial charge in [-0.3, -0.25) is 4.79 Å². The Balaban J connectivity index is 2.88. The summed E-state index contributed by atoms with van der Waals surface area (Å²) >= 11 is 0. The molecule has 0 atom stereocenters. The van der Waals surface area contributed by atoms with Crippen molar-refractivity contribution in [2.24, 2.45) is 5.73 Å². The molecule has 0 aliphatic rings. The van der Waals surface area contributed by atoms with Crippen molar-refractivity contribution in [3.05, 3.63) is 24.2 Å². The largest absolute Gasteiger partial charge is 0.398 e. The van der Waals surface area contributed by atoms with Crippen LogP contribution < -0.4 is 11.5 Å². The van der Waals surface area contributed by atoms with Gasteiger partial charge in [-0.1, -0.05) is 0 Å². The van der Waals surface area contributed by atoms with Crippen LogP contribution in [0.3, 0.4) is 0 Å². The van der Waals surface area contributed by atoms with Crippen LogP contribution in [-0.4, -0.2) is 20.5 Å². The third-order valence-corrected chi connectivity index (χ3v) is 1.73. The van der Waals surface area contributed by atoms with Crippen molar-refractivity contribution in [2.75, 3.05) is 5.73 Å². The van der Waals surface area contributed by atoms with Crippen LogP contribution in [0.15, 0.2) is 18.6 Å². The fourth-order valence-electron chi connectivity index (χ4n) is 1.15. The predicted octanol–water partition coefficient (Wildman–Crippen LogP) is -0.590. The van der Waals surface area contributed by atoms with Gasteiger partial charge in [0.1, 0.15) is 11.9 Å². The quantitative estimate of drug-likeness (QED) is 0.608. The molecule has 0 saturated carbocycles. The molecule has 0 radical (unpaired) electrons. The number of nitrogen functional groups attached to an aromatic ring is 1. The number of hydrogen-bond acceptors (Lipinski definition) is 4. The SMILES string of the molecule is NC(=O)c1c(N)ccn2ncnc12. The maximum Gasteiger partial charge on any atom is 0.254 e. The van der Waals surface area contributed by atoms with Crippen LogP contribution in [0.2, 0.25) is 0 Å². The standard InChI is InChI=1S/C7H7N5O/c8-4-1-2-12-7(10-3-11-12)5(4)6(9)13/h1-3H,8H2,(H2,9,13). The summed E-state index contributed by atoms with van der Waals surface area (Å²) in [5, 5.41) is 3.85. The Hall–Kier alpha value is -2.11. The van der Waals surface area contributed by atoms with Crippen LogP contribution in [-0.2, 0) is 0 Å². The predicted molar refractivity (Wildman–Crippen MR) is 45.9 cm³/mol. The lowest BCUT2D eigenvalue weighted by atomic mass is 10.2. The molecule has 6 heteroatoms. The molecule has 0 fully saturated rings. The van der Waals surface area contributed by atoms with Crippen molar-refractivity contribution < 1.29 is 4.79 Å². The Morgan fingerprint density at radius 2 is 2.31 bits per heavy atom. The number of nitrogens with zero attached hydrogens (tertiary/aromatic N) is 3. The summed E-state index contributed by atoms with van der Waals surface area (Å²) in [6.45, 7) is 0. The fourth-order valence-corrected chi connectivity index (χ4v) is 1.15. The summed E-state index contributed by atoms with van der Waals surface area (Å²) < 4.78 is 1.44. The van der Waals surface area contributed by atoms with Crippen LogP contribution >= 0.6 is 0 Å². The Kier molecular flexibility index (Phi) is 1.42. The highest BCUT2D eigenvalue weighted by Gasteiger charge is 2.12. The van der Waals surface area contributed by atoms with Crippen LogP contribution in [0.25, 0.3) is 5.65 Å². The van der Waals surface area contributed by atoms with Gasteiger partial charge in [-0.2, -0.15) is 5.10 Å². The minimum atomic E-state index is -0.601. The summed E-state index contributed by atoms with van der Waals surface area (Å²) in [5.74, 6) is -0.601. The minimum absolute atomic E-state index is 0.208. The van der Waals surface area contributed by atoms with Crippen molar-refractivity contribution in [3.8, 4) is 0 Å². The molecule has 2 aromatic rings. The third-order valence-electron chi connectivity index (χ3n) is 1.73. The number of rotatable bonds is 1. The van der Waals surface area contributed by atoms with Gasteiger partial charge in [0.15, 0.2) is 5.65 Å². The molecule has 1 amide bonds. The Morgan fingerprint density at radius 1 is 1.54 bits per heavy atom. The first kappa shape index (κ1) is 7.53. The lowest BCUT2D eigenvalue weighted by Gasteiger charge is -2.01. The normalized spacial score (nSPS) is 10.5. The number of anilines is 1. The summed E-state index contributed by atoms with van der Waals surface area (Å²) in [5.41, 5.74) is 11.6. The molecule has 0 saturated heterocycles. The van der Waals surface area contributed by atoms with Crippen molar-refractivity contribution in [1.29, 1.82) is 0 Å². The number of nitrogens with two attached hydrogens (primary N) is 2. The van der Waals surface area contributed by atoms with Gasteiger partial charge in [0.05, 0.1) is 0 Å². The first-order valence-corrected chi connectivity index (χ1v) is 3.58. The molecule has 0 spiro atoms. The topological polar surface area (TPSA) is 99.3 Å². The average Bonchev–Trinajstić information content (AvgIpc) is 2.50. The molecule has 4 N–H and O–H groups in total. The molecule has 2 aromatic heterocycles. The van der Waals surface area contributed by atoms with Gasteiger partial charge in [-0.05, 0) is 6.07 Å². The zero-order chi connectivity index (χ0) is 9.42. The molecule has 2 heterocycles. The van der Waals surface area contributed by atoms with E-state index in [1.807, 2.05) is 0 Å². The number of fused-ring (bicyclic) bond motifs is 1. The van der Waals surface area contributed by atoms with Gasteiger partial charge in [-0.25, -0.2) is 9.50 Å². The Labute approximate surface area is 73.2 Å². The van der Waals surface area contributed by atoms with Gasteiger partial charge < -0.3 is 11.5 Å². The average molecular weight is 177 g/mol. The van der Waals surface area contributed by atoms with Crippen molar-refractivity contribution in [1.82, 2.24) is 14.6 Å². The number of carbonyl (C=O) groups is 1. The third kappa shape index (κ3) is 0.994. The van der Waals surface area contributed by atoms with E-state index in [4.69, 9.17) is 11.5 Å². The maximum absolute atomic E-state index is 11.0. The maximum atomic E-state index is 11.0. The first-order valence-electron chi connectivity index (χ1n) is 3.58. The lowest BCUT2D eigenvalue weighted by molar-refractivity contribution is 0.100. The van der Waals surface area contributed by atoms with E-state index >= 15 is 0 Å². The fraction of sp³-hybridized carbons (Fsp3) is 0. The van der Waals surface area contributed by atoms with Crippen LogP contribution in [0.1, 0.15) is 10.4 Å². The van der Waals surface area contributed by atoms with Crippen molar-refractivity contribution in [3.63, 3.8) is 0 Å². The highest BCUT2D eigenvalue weighted by Crippen LogP contribution is 2.14. The zero-order valence-electron chi connectivity index (χ0n) is 6.64. The van der Waals surface area contributed by atoms with E-state index in [1.165, 1.54) is 10.8 Å². The van der Waals surface area contributed by atoms with Crippen LogP contribution in [0.5, 0.6) is 0 Å². The molecular formula is C7H7N5O. The Bertz CT molecular complexity index is 475. The second kappa shape index (κ2) is 2.44. The molecule has 0 aliphatic carbocycles. The van der Waals surface area contributed by atoms with Gasteiger partial charge in [0.2, 0.25) is 0 Å². The van der Waals surface area contributed by atoms with Gasteiger partial charge in [0.25, 0.3) is 5.91 Å². The first-order chi connectivity index (χ1) is 6.20. The number of primary amides is 1. The minimum Gasteiger partial charge on any atom is -0.398 e. The van der Waals surface area contributed by atoms with Gasteiger partial charge in [0, 0.05) is 11.9 Å². The zero-order valence-corrected chi connectivity index (χ0v) is 6.64. The van der Waals surface area contributed by atoms with E-state index in [0.717, 1.165) is 0 Å². The smallest absolute Gasteiger partial charge is 0.254 e. The summed E-state index contributed by atoms with van der Waals surface area (Å²) in [7, 11) is 0. The van der Waals surface area contributed by atoms with E-state index in [9.17, 15) is 4.79 Å². The molecule has 13 heavy (non-hydrogen) atoms. The van der Waals surface area contributed by atoms with E-state index in [-0.39, 0.29) is 5.56 Å². The van der Waals surface area contributed by atoms with Crippen LogP contribution in [0, 0.1) is 0 Å². The molecule has 0 unspecified atom stereocenters. The van der Waals surface area contributed by atoms with E-state index in [0.29, 0.717) is 11.3 Å². The summed E-state index contributed by atoms with van der Waals surface area (Å²) in [6, 6.07) is 1.56. The number of carbonyl (C=O) groups excluding carboxylic acids is 1. The number of aromatic nitrogens is 3. The molecule has 0 bridgehead atoms. The molecule has 6 nitrogen and oxygen atoms in total. The highest BCUT2D eigenvalue weighted by molar-refractivity contribution is 6.03. The second-order valence-corrected chi connectivity index (χ2v) is 2.54. The lowest BCUT2D eigenvalue weighted by Crippen LogP contribution is -2.15. The van der Waals surface area contributed by atoms with E-state index in [1.54, 1.807) is 12.3 Å². The summed E-state index contributed by atoms with van der Waals surface area (Å²) in [4.78, 5) is 14.9. The second-order valence-electron chi connectivity index (χ2n) is 2.54. The number of hydrogen-bond donors (Lipinski definition) is 2.